The van der Waals surface area contributed by atoms with Crippen molar-refractivity contribution in [1.82, 2.24) is 39.5 Å². The summed E-state index contributed by atoms with van der Waals surface area (Å²) >= 11 is 0. The molecule has 6 heterocycles. The number of pyridine rings is 1. The summed E-state index contributed by atoms with van der Waals surface area (Å²) in [4.78, 5) is 35.2. The van der Waals surface area contributed by atoms with Gasteiger partial charge in [0.05, 0.1) is 43.4 Å². The molecule has 2 fully saturated rings. The third-order valence-corrected chi connectivity index (χ3v) is 9.95. The Kier molecular flexibility index (Phi) is 8.88. The van der Waals surface area contributed by atoms with Gasteiger partial charge in [-0.15, -0.1) is 5.10 Å². The van der Waals surface area contributed by atoms with Crippen molar-refractivity contribution in [2.75, 3.05) is 57.4 Å². The zero-order valence-electron chi connectivity index (χ0n) is 28.1. The normalized spacial score (nSPS) is 23.1. The first kappa shape index (κ1) is 32.5. The van der Waals surface area contributed by atoms with E-state index in [1.54, 1.807) is 28.8 Å². The molecule has 0 radical (unpaired) electrons. The molecule has 1 aromatic carbocycles. The van der Waals surface area contributed by atoms with Crippen LogP contribution in [0.25, 0.3) is 5.65 Å². The molecule has 4 aromatic rings. The SMILES string of the molecule is C[C@@H]1CN(CC(=O)N2CC(C)(C)c3c2cc(Cc2ccc(F)cc2)c2nn(Cc4cccnn4)c(=O)n32)[C@@H](CN2CCOC[C@H]2C)CN1. The standard InChI is InChI=1S/C35H44FN9O3/c1-23-17-42(29(16-37-23)19-41-12-13-48-21-24(41)2)20-31(46)43-22-35(3,4)32-30(43)15-26(14-25-7-9-27(36)10-8-25)33-40-44(34(47)45(32)33)18-28-6-5-11-38-39-28/h5-11,15,23-24,29,37H,12-14,16-22H2,1-4H3/t23-,24-,29-/m1/s1. The van der Waals surface area contributed by atoms with Crippen LogP contribution in [0.1, 0.15) is 50.2 Å². The minimum absolute atomic E-state index is 0.00281. The lowest BCUT2D eigenvalue weighted by molar-refractivity contribution is -0.121. The van der Waals surface area contributed by atoms with Crippen LogP contribution in [-0.4, -0.2) is 111 Å². The van der Waals surface area contributed by atoms with Crippen molar-refractivity contribution < 1.29 is 13.9 Å². The lowest BCUT2D eigenvalue weighted by Crippen LogP contribution is -2.62. The van der Waals surface area contributed by atoms with E-state index in [0.717, 1.165) is 61.9 Å². The summed E-state index contributed by atoms with van der Waals surface area (Å²) in [6.07, 6.45) is 2.00. The number of piperazine rings is 1. The Morgan fingerprint density at radius 3 is 2.71 bits per heavy atom. The summed E-state index contributed by atoms with van der Waals surface area (Å²) in [5.74, 6) is -0.313. The Morgan fingerprint density at radius 2 is 1.96 bits per heavy atom. The molecule has 0 spiro atoms. The van der Waals surface area contributed by atoms with Gasteiger partial charge in [0, 0.05) is 74.4 Å². The minimum atomic E-state index is -0.527. The molecule has 3 atom stereocenters. The number of aromatic nitrogens is 5. The number of hydrogen-bond donors (Lipinski definition) is 1. The molecule has 1 amide bonds. The van der Waals surface area contributed by atoms with Crippen molar-refractivity contribution in [1.29, 1.82) is 0 Å². The molecular formula is C35H44FN9O3. The Bertz CT molecular complexity index is 1840. The largest absolute Gasteiger partial charge is 0.379 e. The highest BCUT2D eigenvalue weighted by molar-refractivity contribution is 5.98. The fourth-order valence-electron chi connectivity index (χ4n) is 7.46. The fourth-order valence-corrected chi connectivity index (χ4v) is 7.46. The summed E-state index contributed by atoms with van der Waals surface area (Å²) in [5, 5.41) is 16.5. The number of benzene rings is 1. The van der Waals surface area contributed by atoms with Crippen LogP contribution < -0.4 is 15.9 Å². The molecule has 13 heteroatoms. The van der Waals surface area contributed by atoms with Crippen molar-refractivity contribution in [2.24, 2.45) is 0 Å². The summed E-state index contributed by atoms with van der Waals surface area (Å²) in [6, 6.07) is 12.7. The van der Waals surface area contributed by atoms with Crippen LogP contribution in [-0.2, 0) is 27.9 Å². The van der Waals surface area contributed by atoms with Gasteiger partial charge in [-0.05, 0) is 49.7 Å². The zero-order chi connectivity index (χ0) is 33.6. The first-order valence-electron chi connectivity index (χ1n) is 16.8. The molecule has 3 aliphatic heterocycles. The lowest BCUT2D eigenvalue weighted by Gasteiger charge is -2.43. The number of hydrogen-bond acceptors (Lipinski definition) is 9. The highest BCUT2D eigenvalue weighted by Gasteiger charge is 2.43. The van der Waals surface area contributed by atoms with E-state index >= 15 is 0 Å². The second kappa shape index (κ2) is 13.1. The lowest BCUT2D eigenvalue weighted by atomic mass is 9.90. The van der Waals surface area contributed by atoms with Crippen molar-refractivity contribution in [2.45, 2.75) is 64.2 Å². The van der Waals surface area contributed by atoms with Crippen LogP contribution in [0.4, 0.5) is 10.1 Å². The predicted octanol–water partition coefficient (Wildman–Crippen LogP) is 2.07. The van der Waals surface area contributed by atoms with Crippen LogP contribution in [0.5, 0.6) is 0 Å². The second-order valence-corrected chi connectivity index (χ2v) is 14.2. The molecule has 0 unspecified atom stereocenters. The summed E-state index contributed by atoms with van der Waals surface area (Å²) in [6.45, 7) is 14.1. The van der Waals surface area contributed by atoms with Gasteiger partial charge in [0.2, 0.25) is 5.91 Å². The molecule has 0 aliphatic carbocycles. The number of halogens is 1. The van der Waals surface area contributed by atoms with Crippen LogP contribution >= 0.6 is 0 Å². The Hall–Kier alpha value is -4.04. The smallest absolute Gasteiger partial charge is 0.351 e. The number of ether oxygens (including phenoxy) is 1. The average Bonchev–Trinajstić information content (AvgIpc) is 3.53. The molecular weight excluding hydrogens is 613 g/mol. The van der Waals surface area contributed by atoms with E-state index in [1.807, 2.05) is 17.0 Å². The van der Waals surface area contributed by atoms with Crippen LogP contribution in [0, 0.1) is 5.82 Å². The Balaban J connectivity index is 1.25. The molecule has 3 aliphatic rings. The number of carbonyl (C=O) groups is 1. The molecule has 2 saturated heterocycles. The number of fused-ring (bicyclic) bond motifs is 3. The van der Waals surface area contributed by atoms with Crippen LogP contribution in [0.2, 0.25) is 0 Å². The topological polar surface area (TPSA) is 113 Å². The average molecular weight is 658 g/mol. The predicted molar refractivity (Wildman–Crippen MR) is 180 cm³/mol. The highest BCUT2D eigenvalue weighted by Crippen LogP contribution is 2.42. The third-order valence-electron chi connectivity index (χ3n) is 9.95. The van der Waals surface area contributed by atoms with Crippen molar-refractivity contribution in [3.63, 3.8) is 0 Å². The fraction of sp³-hybridized carbons (Fsp3) is 0.514. The van der Waals surface area contributed by atoms with E-state index < -0.39 is 5.41 Å². The van der Waals surface area contributed by atoms with Gasteiger partial charge in [-0.2, -0.15) is 10.2 Å². The first-order valence-corrected chi connectivity index (χ1v) is 16.8. The third kappa shape index (κ3) is 6.39. The molecule has 3 aromatic heterocycles. The van der Waals surface area contributed by atoms with E-state index in [2.05, 4.69) is 53.0 Å². The maximum Gasteiger partial charge on any atom is 0.351 e. The number of rotatable bonds is 8. The minimum Gasteiger partial charge on any atom is -0.379 e. The number of morpholine rings is 1. The molecule has 12 nitrogen and oxygen atoms in total. The highest BCUT2D eigenvalue weighted by atomic mass is 19.1. The van der Waals surface area contributed by atoms with Gasteiger partial charge in [-0.1, -0.05) is 26.0 Å². The quantitative estimate of drug-likeness (QED) is 0.304. The summed E-state index contributed by atoms with van der Waals surface area (Å²) in [7, 11) is 0. The monoisotopic (exact) mass is 657 g/mol. The van der Waals surface area contributed by atoms with E-state index in [0.29, 0.717) is 30.3 Å². The van der Waals surface area contributed by atoms with Crippen LogP contribution in [0.15, 0.2) is 53.5 Å². The molecule has 1 N–H and O–H groups in total. The van der Waals surface area contributed by atoms with E-state index in [9.17, 15) is 14.0 Å². The summed E-state index contributed by atoms with van der Waals surface area (Å²) in [5.41, 5.74) is 3.44. The van der Waals surface area contributed by atoms with Gasteiger partial charge in [0.1, 0.15) is 5.82 Å². The zero-order valence-corrected chi connectivity index (χ0v) is 28.1. The van der Waals surface area contributed by atoms with Gasteiger partial charge in [-0.25, -0.2) is 18.3 Å². The van der Waals surface area contributed by atoms with Gasteiger partial charge >= 0.3 is 5.69 Å². The Labute approximate surface area is 279 Å². The van der Waals surface area contributed by atoms with E-state index in [-0.39, 0.29) is 42.6 Å². The molecule has 0 bridgehead atoms. The maximum absolute atomic E-state index is 14.4. The van der Waals surface area contributed by atoms with Gasteiger partial charge in [0.25, 0.3) is 0 Å². The molecule has 0 saturated carbocycles. The first-order chi connectivity index (χ1) is 23.1. The van der Waals surface area contributed by atoms with Crippen LogP contribution in [0.3, 0.4) is 0 Å². The maximum atomic E-state index is 14.4. The number of carbonyl (C=O) groups excluding carboxylic acids is 1. The second-order valence-electron chi connectivity index (χ2n) is 14.2. The molecule has 48 heavy (non-hydrogen) atoms. The number of nitrogens with zero attached hydrogens (tertiary/aromatic N) is 8. The molecule has 254 valence electrons. The Morgan fingerprint density at radius 1 is 1.15 bits per heavy atom. The van der Waals surface area contributed by atoms with E-state index in [4.69, 9.17) is 9.84 Å². The van der Waals surface area contributed by atoms with Gasteiger partial charge < -0.3 is 15.0 Å². The number of anilines is 1. The van der Waals surface area contributed by atoms with Gasteiger partial charge in [-0.3, -0.25) is 14.6 Å². The van der Waals surface area contributed by atoms with Crippen molar-refractivity contribution in [3.05, 3.63) is 87.5 Å². The van der Waals surface area contributed by atoms with E-state index in [1.165, 1.54) is 16.8 Å². The number of nitrogens with one attached hydrogen (secondary N) is 1. The number of amides is 1. The van der Waals surface area contributed by atoms with Gasteiger partial charge in [0.15, 0.2) is 5.65 Å². The van der Waals surface area contributed by atoms with Crippen molar-refractivity contribution in [3.8, 4) is 0 Å². The molecule has 7 rings (SSSR count). The summed E-state index contributed by atoms with van der Waals surface area (Å²) < 4.78 is 22.6. The van der Waals surface area contributed by atoms with Crippen molar-refractivity contribution >= 4 is 17.2 Å².